The third-order valence-electron chi connectivity index (χ3n) is 4.73. The van der Waals surface area contributed by atoms with E-state index < -0.39 is 0 Å². The summed E-state index contributed by atoms with van der Waals surface area (Å²) in [5.41, 5.74) is 1.93. The minimum atomic E-state index is -0.0955. The molecule has 2 aromatic rings. The van der Waals surface area contributed by atoms with Gasteiger partial charge in [-0.15, -0.1) is 0 Å². The Labute approximate surface area is 173 Å². The van der Waals surface area contributed by atoms with Crippen molar-refractivity contribution < 1.29 is 14.7 Å². The van der Waals surface area contributed by atoms with Crippen molar-refractivity contribution in [3.05, 3.63) is 46.4 Å². The number of hydrogen-bond donors (Lipinski definition) is 2. The molecule has 1 aliphatic heterocycles. The summed E-state index contributed by atoms with van der Waals surface area (Å²) in [6, 6.07) is 10.4. The molecule has 2 amide bonds. The van der Waals surface area contributed by atoms with Gasteiger partial charge in [-0.1, -0.05) is 35.3 Å². The fourth-order valence-corrected chi connectivity index (χ4v) is 3.59. The Balaban J connectivity index is 1.68. The van der Waals surface area contributed by atoms with Crippen LogP contribution in [0.4, 0.5) is 5.69 Å². The second kappa shape index (κ2) is 8.71. The van der Waals surface area contributed by atoms with Crippen LogP contribution in [0.5, 0.6) is 5.75 Å². The standard InChI is InChI=1S/C20H21Cl2N3O3/c1-13(26)24-5-7-25(8-6-24)20(28)12-23-18-10-16(17(22)11-19(18)27)14-3-2-4-15(21)9-14/h2-4,9-11,23,27H,5-8,12H2,1H3. The lowest BCUT2D eigenvalue weighted by atomic mass is 10.0. The minimum Gasteiger partial charge on any atom is -0.506 e. The van der Waals surface area contributed by atoms with Crippen molar-refractivity contribution in [2.75, 3.05) is 38.0 Å². The molecule has 2 aromatic carbocycles. The zero-order valence-electron chi connectivity index (χ0n) is 15.4. The topological polar surface area (TPSA) is 72.9 Å². The van der Waals surface area contributed by atoms with E-state index in [1.807, 2.05) is 12.1 Å². The predicted molar refractivity (Wildman–Crippen MR) is 111 cm³/mol. The van der Waals surface area contributed by atoms with Crippen LogP contribution >= 0.6 is 23.2 Å². The maximum absolute atomic E-state index is 12.5. The third-order valence-corrected chi connectivity index (χ3v) is 5.28. The van der Waals surface area contributed by atoms with E-state index in [0.29, 0.717) is 47.5 Å². The second-order valence-electron chi connectivity index (χ2n) is 6.60. The Morgan fingerprint density at radius 2 is 1.75 bits per heavy atom. The minimum absolute atomic E-state index is 0.0184. The van der Waals surface area contributed by atoms with Gasteiger partial charge in [0.05, 0.1) is 17.3 Å². The van der Waals surface area contributed by atoms with Gasteiger partial charge < -0.3 is 20.2 Å². The first kappa shape index (κ1) is 20.3. The molecule has 2 N–H and O–H groups in total. The van der Waals surface area contributed by atoms with Crippen LogP contribution in [0, 0.1) is 0 Å². The third kappa shape index (κ3) is 4.69. The zero-order chi connectivity index (χ0) is 20.3. The maximum Gasteiger partial charge on any atom is 0.241 e. The van der Waals surface area contributed by atoms with Crippen molar-refractivity contribution in [1.29, 1.82) is 0 Å². The number of piperazine rings is 1. The van der Waals surface area contributed by atoms with Crippen LogP contribution in [0.15, 0.2) is 36.4 Å². The van der Waals surface area contributed by atoms with Crippen molar-refractivity contribution >= 4 is 40.7 Å². The quantitative estimate of drug-likeness (QED) is 0.741. The molecule has 0 aromatic heterocycles. The van der Waals surface area contributed by atoms with Gasteiger partial charge >= 0.3 is 0 Å². The molecule has 1 saturated heterocycles. The van der Waals surface area contributed by atoms with Crippen molar-refractivity contribution in [2.24, 2.45) is 0 Å². The van der Waals surface area contributed by atoms with Gasteiger partial charge in [0, 0.05) is 49.8 Å². The molecule has 0 unspecified atom stereocenters. The summed E-state index contributed by atoms with van der Waals surface area (Å²) < 4.78 is 0. The molecular weight excluding hydrogens is 401 g/mol. The number of carbonyl (C=O) groups excluding carboxylic acids is 2. The smallest absolute Gasteiger partial charge is 0.241 e. The zero-order valence-corrected chi connectivity index (χ0v) is 16.9. The number of rotatable bonds is 4. The molecule has 1 heterocycles. The van der Waals surface area contributed by atoms with E-state index in [1.54, 1.807) is 28.0 Å². The van der Waals surface area contributed by atoms with Gasteiger partial charge in [-0.2, -0.15) is 0 Å². The fourth-order valence-electron chi connectivity index (χ4n) is 3.13. The first-order chi connectivity index (χ1) is 13.3. The Morgan fingerprint density at radius 1 is 1.07 bits per heavy atom. The first-order valence-electron chi connectivity index (χ1n) is 8.91. The predicted octanol–water partition coefficient (Wildman–Crippen LogP) is 3.47. The number of nitrogens with zero attached hydrogens (tertiary/aromatic N) is 2. The van der Waals surface area contributed by atoms with E-state index in [4.69, 9.17) is 23.2 Å². The summed E-state index contributed by atoms with van der Waals surface area (Å²) in [5.74, 6) is -0.114. The molecule has 8 heteroatoms. The number of carbonyl (C=O) groups is 2. The molecule has 0 atom stereocenters. The average Bonchev–Trinajstić information content (AvgIpc) is 2.67. The van der Waals surface area contributed by atoms with Gasteiger partial charge in [0.25, 0.3) is 0 Å². The van der Waals surface area contributed by atoms with Gasteiger partial charge in [-0.3, -0.25) is 9.59 Å². The van der Waals surface area contributed by atoms with Crippen molar-refractivity contribution in [2.45, 2.75) is 6.92 Å². The SMILES string of the molecule is CC(=O)N1CCN(C(=O)CNc2cc(-c3cccc(Cl)c3)c(Cl)cc2O)CC1. The maximum atomic E-state index is 12.5. The van der Waals surface area contributed by atoms with Crippen LogP contribution < -0.4 is 5.32 Å². The number of phenolic OH excluding ortho intramolecular Hbond substituents is 1. The summed E-state index contributed by atoms with van der Waals surface area (Å²) >= 11 is 12.3. The van der Waals surface area contributed by atoms with Crippen LogP contribution in [-0.4, -0.2) is 59.4 Å². The lowest BCUT2D eigenvalue weighted by molar-refractivity contribution is -0.137. The number of halogens is 2. The highest BCUT2D eigenvalue weighted by atomic mass is 35.5. The lowest BCUT2D eigenvalue weighted by Crippen LogP contribution is -2.51. The Hall–Kier alpha value is -2.44. The molecule has 0 radical (unpaired) electrons. The van der Waals surface area contributed by atoms with Crippen molar-refractivity contribution in [3.8, 4) is 16.9 Å². The number of aromatic hydroxyl groups is 1. The molecule has 0 aliphatic carbocycles. The molecule has 0 saturated carbocycles. The molecular formula is C20H21Cl2N3O3. The largest absolute Gasteiger partial charge is 0.506 e. The highest BCUT2D eigenvalue weighted by Crippen LogP contribution is 2.37. The van der Waals surface area contributed by atoms with Crippen molar-refractivity contribution in [3.63, 3.8) is 0 Å². The van der Waals surface area contributed by atoms with Crippen LogP contribution in [0.2, 0.25) is 10.0 Å². The van der Waals surface area contributed by atoms with Gasteiger partial charge in [0.2, 0.25) is 11.8 Å². The van der Waals surface area contributed by atoms with Crippen LogP contribution in [0.1, 0.15) is 6.92 Å². The number of benzene rings is 2. The van der Waals surface area contributed by atoms with E-state index >= 15 is 0 Å². The fraction of sp³-hybridized carbons (Fsp3) is 0.300. The molecule has 1 fully saturated rings. The normalized spacial score (nSPS) is 14.1. The highest BCUT2D eigenvalue weighted by molar-refractivity contribution is 6.34. The Kier molecular flexibility index (Phi) is 6.31. The van der Waals surface area contributed by atoms with Crippen LogP contribution in [0.3, 0.4) is 0 Å². The molecule has 0 bridgehead atoms. The summed E-state index contributed by atoms with van der Waals surface area (Å²) in [4.78, 5) is 27.3. The summed E-state index contributed by atoms with van der Waals surface area (Å²) in [5, 5.41) is 14.1. The van der Waals surface area contributed by atoms with E-state index in [9.17, 15) is 14.7 Å². The van der Waals surface area contributed by atoms with E-state index in [2.05, 4.69) is 5.32 Å². The van der Waals surface area contributed by atoms with Crippen LogP contribution in [-0.2, 0) is 9.59 Å². The van der Waals surface area contributed by atoms with Crippen LogP contribution in [0.25, 0.3) is 11.1 Å². The summed E-state index contributed by atoms with van der Waals surface area (Å²) in [6.45, 7) is 3.63. The van der Waals surface area contributed by atoms with Gasteiger partial charge in [-0.05, 0) is 23.8 Å². The Bertz CT molecular complexity index is 896. The lowest BCUT2D eigenvalue weighted by Gasteiger charge is -2.34. The molecule has 3 rings (SSSR count). The molecule has 6 nitrogen and oxygen atoms in total. The second-order valence-corrected chi connectivity index (χ2v) is 7.44. The summed E-state index contributed by atoms with van der Waals surface area (Å²) in [6.07, 6.45) is 0. The van der Waals surface area contributed by atoms with E-state index in [-0.39, 0.29) is 24.1 Å². The number of nitrogens with one attached hydrogen (secondary N) is 1. The number of anilines is 1. The van der Waals surface area contributed by atoms with E-state index in [1.165, 1.54) is 13.0 Å². The highest BCUT2D eigenvalue weighted by Gasteiger charge is 2.22. The van der Waals surface area contributed by atoms with E-state index in [0.717, 1.165) is 5.56 Å². The molecule has 1 aliphatic rings. The number of hydrogen-bond acceptors (Lipinski definition) is 4. The molecule has 148 valence electrons. The van der Waals surface area contributed by atoms with Gasteiger partial charge in [0.15, 0.2) is 0 Å². The first-order valence-corrected chi connectivity index (χ1v) is 9.66. The molecule has 28 heavy (non-hydrogen) atoms. The van der Waals surface area contributed by atoms with Gasteiger partial charge in [0.1, 0.15) is 5.75 Å². The van der Waals surface area contributed by atoms with Gasteiger partial charge in [-0.25, -0.2) is 0 Å². The number of phenols is 1. The average molecular weight is 422 g/mol. The number of amides is 2. The molecule has 0 spiro atoms. The van der Waals surface area contributed by atoms with Crippen molar-refractivity contribution in [1.82, 2.24) is 9.80 Å². The summed E-state index contributed by atoms with van der Waals surface area (Å²) in [7, 11) is 0. The monoisotopic (exact) mass is 421 g/mol. The Morgan fingerprint density at radius 3 is 2.39 bits per heavy atom.